The second-order valence-electron chi connectivity index (χ2n) is 8.69. The van der Waals surface area contributed by atoms with Crippen LogP contribution in [-0.4, -0.2) is 23.2 Å². The van der Waals surface area contributed by atoms with Crippen molar-refractivity contribution in [2.45, 2.75) is 83.2 Å². The van der Waals surface area contributed by atoms with Gasteiger partial charge in [-0.3, -0.25) is 0 Å². The SMILES string of the molecule is CC(C)(C)[PH+](C1CC2CCC1C2)C(C)(C)C.F[B-](F)(F)F. The Morgan fingerprint density at radius 2 is 1.24 bits per heavy atom. The third kappa shape index (κ3) is 6.08. The van der Waals surface area contributed by atoms with Crippen molar-refractivity contribution in [2.24, 2.45) is 11.8 Å². The molecule has 3 atom stereocenters. The lowest BCUT2D eigenvalue weighted by atomic mass is 10.0. The molecule has 0 aromatic carbocycles. The zero-order valence-corrected chi connectivity index (χ0v) is 15.1. The quantitative estimate of drug-likeness (QED) is 0.302. The van der Waals surface area contributed by atoms with Crippen LogP contribution in [0.4, 0.5) is 17.3 Å². The fourth-order valence-corrected chi connectivity index (χ4v) is 10.7. The molecule has 3 unspecified atom stereocenters. The maximum atomic E-state index is 9.75. The maximum Gasteiger partial charge on any atom is 0.673 e. The van der Waals surface area contributed by atoms with Crippen LogP contribution < -0.4 is 0 Å². The van der Waals surface area contributed by atoms with E-state index in [4.69, 9.17) is 0 Å². The first-order chi connectivity index (χ1) is 9.19. The molecule has 0 radical (unpaired) electrons. The minimum absolute atomic E-state index is 0.283. The van der Waals surface area contributed by atoms with Gasteiger partial charge in [0.2, 0.25) is 0 Å². The number of hydrogen-bond donors (Lipinski definition) is 0. The van der Waals surface area contributed by atoms with Gasteiger partial charge in [-0.25, -0.2) is 0 Å². The van der Waals surface area contributed by atoms with Crippen LogP contribution in [-0.2, 0) is 0 Å². The van der Waals surface area contributed by atoms with Gasteiger partial charge in [0, 0.05) is 7.92 Å². The predicted molar refractivity (Wildman–Crippen MR) is 87.2 cm³/mol. The molecular weight excluding hydrogens is 298 g/mol. The van der Waals surface area contributed by atoms with Gasteiger partial charge in [-0.2, -0.15) is 0 Å². The van der Waals surface area contributed by atoms with Gasteiger partial charge < -0.3 is 17.3 Å². The molecule has 2 saturated carbocycles. The van der Waals surface area contributed by atoms with E-state index in [0.29, 0.717) is 10.3 Å². The summed E-state index contributed by atoms with van der Waals surface area (Å²) in [6.07, 6.45) is 6.25. The lowest BCUT2D eigenvalue weighted by molar-refractivity contribution is 0.368. The topological polar surface area (TPSA) is 0 Å². The largest absolute Gasteiger partial charge is 0.673 e. The molecule has 0 aliphatic heterocycles. The zero-order chi connectivity index (χ0) is 16.6. The summed E-state index contributed by atoms with van der Waals surface area (Å²) >= 11 is 0. The average Bonchev–Trinajstić information content (AvgIpc) is 2.70. The van der Waals surface area contributed by atoms with E-state index in [1.165, 1.54) is 0 Å². The molecule has 126 valence electrons. The van der Waals surface area contributed by atoms with Crippen LogP contribution in [0.15, 0.2) is 0 Å². The number of rotatable bonds is 1. The fourth-order valence-electron chi connectivity index (χ4n) is 4.84. The summed E-state index contributed by atoms with van der Waals surface area (Å²) in [7, 11) is -6.28. The van der Waals surface area contributed by atoms with E-state index < -0.39 is 7.25 Å². The molecule has 0 amide bonds. The van der Waals surface area contributed by atoms with E-state index in [2.05, 4.69) is 41.5 Å². The molecule has 2 rings (SSSR count). The summed E-state index contributed by atoms with van der Waals surface area (Å²) < 4.78 is 39.0. The first kappa shape index (κ1) is 19.3. The Morgan fingerprint density at radius 3 is 1.48 bits per heavy atom. The van der Waals surface area contributed by atoms with Gasteiger partial charge >= 0.3 is 7.25 Å². The molecule has 0 saturated heterocycles. The second-order valence-corrected chi connectivity index (χ2v) is 13.3. The van der Waals surface area contributed by atoms with Crippen molar-refractivity contribution in [3.63, 3.8) is 0 Å². The van der Waals surface area contributed by atoms with Gasteiger partial charge in [0.05, 0.1) is 16.0 Å². The van der Waals surface area contributed by atoms with E-state index in [-0.39, 0.29) is 7.92 Å². The van der Waals surface area contributed by atoms with Gasteiger partial charge in [-0.05, 0) is 79.1 Å². The molecule has 2 aliphatic carbocycles. The van der Waals surface area contributed by atoms with Crippen molar-refractivity contribution in [1.29, 1.82) is 0 Å². The Kier molecular flexibility index (Phi) is 5.85. The van der Waals surface area contributed by atoms with Crippen LogP contribution in [0.1, 0.15) is 67.2 Å². The summed E-state index contributed by atoms with van der Waals surface area (Å²) in [6, 6.07) is 0. The molecule has 2 aliphatic rings. The van der Waals surface area contributed by atoms with E-state index in [1.54, 1.807) is 25.7 Å². The third-order valence-corrected chi connectivity index (χ3v) is 9.41. The molecule has 0 aromatic rings. The number of hydrogen-bond acceptors (Lipinski definition) is 0. The van der Waals surface area contributed by atoms with Crippen LogP contribution in [0.3, 0.4) is 0 Å². The van der Waals surface area contributed by atoms with Crippen molar-refractivity contribution in [3.8, 4) is 0 Å². The van der Waals surface area contributed by atoms with Gasteiger partial charge in [0.15, 0.2) is 0 Å². The molecule has 21 heavy (non-hydrogen) atoms. The first-order valence-corrected chi connectivity index (χ1v) is 9.52. The number of fused-ring (bicyclic) bond motifs is 2. The minimum atomic E-state index is -6.00. The summed E-state index contributed by atoms with van der Waals surface area (Å²) in [5.41, 5.74) is 1.11. The molecule has 0 N–H and O–H groups in total. The average molecular weight is 328 g/mol. The fraction of sp³-hybridized carbons (Fsp3) is 1.00. The maximum absolute atomic E-state index is 9.75. The second kappa shape index (κ2) is 6.38. The first-order valence-electron chi connectivity index (χ1n) is 7.94. The molecule has 2 bridgehead atoms. The molecule has 0 nitrogen and oxygen atoms in total. The standard InChI is InChI=1S/C15H29P.BF4/c1-14(2,3)16(15(4,5)6)13-10-11-7-8-12(13)9-11;2-1(3,4)5/h11-13H,7-10H2,1-6H3;/q;-1/p+1. The van der Waals surface area contributed by atoms with Gasteiger partial charge in [0.25, 0.3) is 0 Å². The normalized spacial score (nSPS) is 29.6. The van der Waals surface area contributed by atoms with Gasteiger partial charge in [-0.1, -0.05) is 0 Å². The smallest absolute Gasteiger partial charge is 0.418 e. The zero-order valence-electron chi connectivity index (χ0n) is 14.1. The van der Waals surface area contributed by atoms with Crippen LogP contribution in [0.25, 0.3) is 0 Å². The predicted octanol–water partition coefficient (Wildman–Crippen LogP) is 6.29. The number of halogens is 4. The Labute approximate surface area is 128 Å². The Bertz CT molecular complexity index is 323. The molecule has 0 aromatic heterocycles. The van der Waals surface area contributed by atoms with Crippen LogP contribution in [0.2, 0.25) is 0 Å². The van der Waals surface area contributed by atoms with Crippen molar-refractivity contribution >= 4 is 15.2 Å². The molecular formula is C15H30BF4P. The highest BCUT2D eigenvalue weighted by Gasteiger charge is 2.55. The van der Waals surface area contributed by atoms with Crippen molar-refractivity contribution in [1.82, 2.24) is 0 Å². The third-order valence-electron chi connectivity index (χ3n) is 4.72. The lowest BCUT2D eigenvalue weighted by Gasteiger charge is -2.40. The molecule has 6 heteroatoms. The van der Waals surface area contributed by atoms with Crippen molar-refractivity contribution in [2.75, 3.05) is 0 Å². The highest BCUT2D eigenvalue weighted by Crippen LogP contribution is 2.69. The Balaban J connectivity index is 0.000000383. The minimum Gasteiger partial charge on any atom is -0.418 e. The van der Waals surface area contributed by atoms with E-state index in [9.17, 15) is 17.3 Å². The molecule has 0 heterocycles. The van der Waals surface area contributed by atoms with E-state index >= 15 is 0 Å². The summed E-state index contributed by atoms with van der Waals surface area (Å²) in [4.78, 5) is 0. The highest BCUT2D eigenvalue weighted by molar-refractivity contribution is 7.61. The van der Waals surface area contributed by atoms with Gasteiger partial charge in [-0.15, -0.1) is 0 Å². The van der Waals surface area contributed by atoms with Crippen LogP contribution in [0, 0.1) is 11.8 Å². The van der Waals surface area contributed by atoms with Crippen molar-refractivity contribution in [3.05, 3.63) is 0 Å². The van der Waals surface area contributed by atoms with Crippen LogP contribution >= 0.6 is 7.92 Å². The lowest BCUT2D eigenvalue weighted by Crippen LogP contribution is -2.33. The van der Waals surface area contributed by atoms with E-state index in [1.807, 2.05) is 0 Å². The Hall–Kier alpha value is 0.215. The molecule has 0 spiro atoms. The van der Waals surface area contributed by atoms with Crippen LogP contribution in [0.5, 0.6) is 0 Å². The summed E-state index contributed by atoms with van der Waals surface area (Å²) in [5.74, 6) is 2.22. The highest BCUT2D eigenvalue weighted by atomic mass is 31.1. The van der Waals surface area contributed by atoms with Gasteiger partial charge in [0.1, 0.15) is 0 Å². The monoisotopic (exact) mass is 328 g/mol. The van der Waals surface area contributed by atoms with E-state index in [0.717, 1.165) is 17.5 Å². The summed E-state index contributed by atoms with van der Waals surface area (Å²) in [6.45, 7) is 15.0. The molecule has 2 fully saturated rings. The summed E-state index contributed by atoms with van der Waals surface area (Å²) in [5, 5.41) is 1.14. The van der Waals surface area contributed by atoms with Crippen molar-refractivity contribution < 1.29 is 17.3 Å². The Morgan fingerprint density at radius 1 is 0.810 bits per heavy atom.